The van der Waals surface area contributed by atoms with Crippen LogP contribution in [0.4, 0.5) is 18.2 Å². The fraction of sp³-hybridized carbons (Fsp3) is 0.250. The van der Waals surface area contributed by atoms with Gasteiger partial charge in [0.2, 0.25) is 0 Å². The number of alkyl halides is 3. The highest BCUT2D eigenvalue weighted by Crippen LogP contribution is 2.35. The van der Waals surface area contributed by atoms with Gasteiger partial charge in [-0.15, -0.1) is 11.3 Å². The van der Waals surface area contributed by atoms with E-state index in [0.717, 1.165) is 28.3 Å². The molecule has 0 saturated heterocycles. The van der Waals surface area contributed by atoms with Gasteiger partial charge in [0, 0.05) is 4.88 Å². The molecule has 1 aromatic heterocycles. The molecule has 8 heteroatoms. The molecule has 0 bridgehead atoms. The van der Waals surface area contributed by atoms with E-state index in [9.17, 15) is 22.8 Å². The smallest absolute Gasteiger partial charge is 0.417 e. The van der Waals surface area contributed by atoms with Crippen LogP contribution in [0, 0.1) is 13.8 Å². The summed E-state index contributed by atoms with van der Waals surface area (Å²) in [5.74, 6) is -1.59. The van der Waals surface area contributed by atoms with Crippen LogP contribution < -0.4 is 5.32 Å². The molecule has 0 aliphatic rings. The molecule has 0 saturated carbocycles. The molecule has 1 heterocycles. The zero-order valence-electron chi connectivity index (χ0n) is 13.1. The van der Waals surface area contributed by atoms with Crippen molar-refractivity contribution in [1.82, 2.24) is 0 Å². The van der Waals surface area contributed by atoms with Crippen molar-refractivity contribution in [3.63, 3.8) is 0 Å². The number of amides is 1. The maximum Gasteiger partial charge on any atom is 0.417 e. The van der Waals surface area contributed by atoms with E-state index in [2.05, 4.69) is 10.1 Å². The SMILES string of the molecule is COC(=O)c1c(NC(=O)c2ccccc2C(F)(F)F)sc(C)c1C. The van der Waals surface area contributed by atoms with Crippen LogP contribution in [-0.2, 0) is 10.9 Å². The first-order valence-corrected chi connectivity index (χ1v) is 7.64. The molecule has 1 N–H and O–H groups in total. The molecule has 2 rings (SSSR count). The number of aryl methyl sites for hydroxylation is 1. The van der Waals surface area contributed by atoms with E-state index in [1.54, 1.807) is 13.8 Å². The molecule has 1 aromatic carbocycles. The predicted molar refractivity (Wildman–Crippen MR) is 84.5 cm³/mol. The number of hydrogen-bond acceptors (Lipinski definition) is 4. The van der Waals surface area contributed by atoms with Gasteiger partial charge in [0.15, 0.2) is 0 Å². The number of halogens is 3. The summed E-state index contributed by atoms with van der Waals surface area (Å²) in [5.41, 5.74) is -0.777. The Morgan fingerprint density at radius 1 is 1.17 bits per heavy atom. The van der Waals surface area contributed by atoms with E-state index >= 15 is 0 Å². The normalized spacial score (nSPS) is 11.2. The van der Waals surface area contributed by atoms with Crippen molar-refractivity contribution < 1.29 is 27.5 Å². The van der Waals surface area contributed by atoms with Gasteiger partial charge >= 0.3 is 12.1 Å². The summed E-state index contributed by atoms with van der Waals surface area (Å²) in [4.78, 5) is 24.9. The summed E-state index contributed by atoms with van der Waals surface area (Å²) in [7, 11) is 1.19. The van der Waals surface area contributed by atoms with Gasteiger partial charge in [-0.3, -0.25) is 4.79 Å². The summed E-state index contributed by atoms with van der Waals surface area (Å²) < 4.78 is 43.8. The van der Waals surface area contributed by atoms with Gasteiger partial charge in [-0.25, -0.2) is 4.79 Å². The summed E-state index contributed by atoms with van der Waals surface area (Å²) in [5, 5.41) is 2.56. The molecule has 2 aromatic rings. The molecule has 0 aliphatic carbocycles. The first-order valence-electron chi connectivity index (χ1n) is 6.82. The number of rotatable bonds is 3. The number of thiophene rings is 1. The quantitative estimate of drug-likeness (QED) is 0.827. The highest BCUT2D eigenvalue weighted by molar-refractivity contribution is 7.16. The van der Waals surface area contributed by atoms with Crippen LogP contribution in [0.2, 0.25) is 0 Å². The monoisotopic (exact) mass is 357 g/mol. The highest BCUT2D eigenvalue weighted by atomic mass is 32.1. The van der Waals surface area contributed by atoms with Crippen molar-refractivity contribution >= 4 is 28.2 Å². The molecule has 0 aliphatic heterocycles. The van der Waals surface area contributed by atoms with Gasteiger partial charge in [-0.05, 0) is 31.5 Å². The highest BCUT2D eigenvalue weighted by Gasteiger charge is 2.35. The Balaban J connectivity index is 2.42. The molecular formula is C16H14F3NO3S. The standard InChI is InChI=1S/C16H14F3NO3S/c1-8-9(2)24-14(12(8)15(22)23-3)20-13(21)10-6-4-5-7-11(10)16(17,18)19/h4-7H,1-3H3,(H,20,21). The predicted octanol–water partition coefficient (Wildman–Crippen LogP) is 4.42. The zero-order chi connectivity index (χ0) is 18.1. The van der Waals surface area contributed by atoms with Crippen LogP contribution in [0.5, 0.6) is 0 Å². The average Bonchev–Trinajstić information content (AvgIpc) is 2.80. The number of esters is 1. The minimum atomic E-state index is -4.65. The van der Waals surface area contributed by atoms with E-state index in [4.69, 9.17) is 0 Å². The minimum Gasteiger partial charge on any atom is -0.465 e. The Hall–Kier alpha value is -2.35. The zero-order valence-corrected chi connectivity index (χ0v) is 13.9. The van der Waals surface area contributed by atoms with Crippen LogP contribution in [0.15, 0.2) is 24.3 Å². The van der Waals surface area contributed by atoms with Gasteiger partial charge < -0.3 is 10.1 Å². The van der Waals surface area contributed by atoms with Crippen LogP contribution in [0.3, 0.4) is 0 Å². The number of hydrogen-bond donors (Lipinski definition) is 1. The van der Waals surface area contributed by atoms with Crippen molar-refractivity contribution in [1.29, 1.82) is 0 Å². The Morgan fingerprint density at radius 2 is 1.79 bits per heavy atom. The number of benzene rings is 1. The van der Waals surface area contributed by atoms with Crippen LogP contribution in [0.1, 0.15) is 36.7 Å². The summed E-state index contributed by atoms with van der Waals surface area (Å²) in [6.07, 6.45) is -4.65. The average molecular weight is 357 g/mol. The number of carbonyl (C=O) groups is 2. The lowest BCUT2D eigenvalue weighted by atomic mass is 10.1. The molecule has 1 amide bonds. The maximum atomic E-state index is 13.0. The Labute approximate surface area is 140 Å². The lowest BCUT2D eigenvalue weighted by molar-refractivity contribution is -0.137. The van der Waals surface area contributed by atoms with Gasteiger partial charge in [-0.1, -0.05) is 12.1 Å². The van der Waals surface area contributed by atoms with Gasteiger partial charge in [0.05, 0.1) is 23.8 Å². The van der Waals surface area contributed by atoms with Crippen LogP contribution in [0.25, 0.3) is 0 Å². The van der Waals surface area contributed by atoms with Crippen molar-refractivity contribution in [2.45, 2.75) is 20.0 Å². The summed E-state index contributed by atoms with van der Waals surface area (Å²) in [6, 6.07) is 4.47. The minimum absolute atomic E-state index is 0.151. The van der Waals surface area contributed by atoms with Crippen molar-refractivity contribution in [3.05, 3.63) is 51.4 Å². The third kappa shape index (κ3) is 3.43. The van der Waals surface area contributed by atoms with E-state index in [1.165, 1.54) is 19.2 Å². The van der Waals surface area contributed by atoms with Gasteiger partial charge in [0.1, 0.15) is 5.00 Å². The lowest BCUT2D eigenvalue weighted by Gasteiger charge is -2.12. The Kier molecular flexibility index (Phi) is 4.98. The molecule has 128 valence electrons. The number of anilines is 1. The van der Waals surface area contributed by atoms with Crippen LogP contribution in [-0.4, -0.2) is 19.0 Å². The molecular weight excluding hydrogens is 343 g/mol. The molecule has 0 atom stereocenters. The third-order valence-corrected chi connectivity index (χ3v) is 4.60. The van der Waals surface area contributed by atoms with E-state index in [-0.39, 0.29) is 10.6 Å². The molecule has 0 radical (unpaired) electrons. The second-order valence-corrected chi connectivity index (χ2v) is 6.20. The Bertz CT molecular complexity index is 796. The molecule has 24 heavy (non-hydrogen) atoms. The number of nitrogens with one attached hydrogen (secondary N) is 1. The van der Waals surface area contributed by atoms with Crippen molar-refractivity contribution in [3.8, 4) is 0 Å². The molecule has 0 fully saturated rings. The van der Waals surface area contributed by atoms with E-state index in [1.807, 2.05) is 0 Å². The fourth-order valence-corrected chi connectivity index (χ4v) is 3.21. The summed E-state index contributed by atoms with van der Waals surface area (Å²) >= 11 is 1.11. The largest absolute Gasteiger partial charge is 0.465 e. The number of methoxy groups -OCH3 is 1. The third-order valence-electron chi connectivity index (χ3n) is 3.48. The Morgan fingerprint density at radius 3 is 2.38 bits per heavy atom. The first kappa shape index (κ1) is 18.0. The van der Waals surface area contributed by atoms with Gasteiger partial charge in [-0.2, -0.15) is 13.2 Å². The van der Waals surface area contributed by atoms with Gasteiger partial charge in [0.25, 0.3) is 5.91 Å². The fourth-order valence-electron chi connectivity index (χ4n) is 2.16. The van der Waals surface area contributed by atoms with E-state index in [0.29, 0.717) is 5.56 Å². The van der Waals surface area contributed by atoms with Crippen LogP contribution >= 0.6 is 11.3 Å². The van der Waals surface area contributed by atoms with Crippen molar-refractivity contribution in [2.24, 2.45) is 0 Å². The maximum absolute atomic E-state index is 13.0. The summed E-state index contributed by atoms with van der Waals surface area (Å²) in [6.45, 7) is 3.42. The topological polar surface area (TPSA) is 55.4 Å². The lowest BCUT2D eigenvalue weighted by Crippen LogP contribution is -2.19. The second kappa shape index (κ2) is 6.64. The number of ether oxygens (including phenoxy) is 1. The van der Waals surface area contributed by atoms with Crippen molar-refractivity contribution in [2.75, 3.05) is 12.4 Å². The molecule has 0 spiro atoms. The molecule has 4 nitrogen and oxygen atoms in total. The number of carbonyl (C=O) groups excluding carboxylic acids is 2. The second-order valence-electron chi connectivity index (χ2n) is 4.98. The first-order chi connectivity index (χ1) is 11.2. The van der Waals surface area contributed by atoms with E-state index < -0.39 is 29.2 Å². The molecule has 0 unspecified atom stereocenters.